The van der Waals surface area contributed by atoms with Crippen molar-refractivity contribution < 1.29 is 0 Å². The predicted molar refractivity (Wildman–Crippen MR) is 86.2 cm³/mol. The van der Waals surface area contributed by atoms with Crippen molar-refractivity contribution in [3.8, 4) is 0 Å². The van der Waals surface area contributed by atoms with E-state index in [-0.39, 0.29) is 12.1 Å². The summed E-state index contributed by atoms with van der Waals surface area (Å²) in [5.41, 5.74) is 8.40. The van der Waals surface area contributed by atoms with E-state index in [2.05, 4.69) is 28.4 Å². The molecule has 1 aromatic carbocycles. The Bertz CT molecular complexity index is 568. The van der Waals surface area contributed by atoms with Gasteiger partial charge in [0.25, 0.3) is 0 Å². The number of nitrogens with zero attached hydrogens (tertiary/aromatic N) is 2. The van der Waals surface area contributed by atoms with Crippen molar-refractivity contribution in [3.63, 3.8) is 0 Å². The van der Waals surface area contributed by atoms with Crippen LogP contribution in [0.3, 0.4) is 0 Å². The molecule has 2 atom stereocenters. The van der Waals surface area contributed by atoms with Crippen molar-refractivity contribution in [1.29, 1.82) is 0 Å². The molecule has 2 unspecified atom stereocenters. The van der Waals surface area contributed by atoms with Gasteiger partial charge in [0, 0.05) is 29.0 Å². The van der Waals surface area contributed by atoms with E-state index in [1.165, 1.54) is 0 Å². The van der Waals surface area contributed by atoms with Gasteiger partial charge in [-0.3, -0.25) is 4.90 Å². The Morgan fingerprint density at radius 2 is 2.20 bits per heavy atom. The third kappa shape index (κ3) is 3.79. The second-order valence-electron chi connectivity index (χ2n) is 5.13. The van der Waals surface area contributed by atoms with Crippen LogP contribution in [0.1, 0.15) is 29.2 Å². The van der Waals surface area contributed by atoms with Crippen LogP contribution in [0, 0.1) is 6.92 Å². The van der Waals surface area contributed by atoms with Crippen LogP contribution in [0.2, 0.25) is 5.02 Å². The van der Waals surface area contributed by atoms with Gasteiger partial charge in [-0.15, -0.1) is 11.3 Å². The van der Waals surface area contributed by atoms with Crippen molar-refractivity contribution in [1.82, 2.24) is 9.88 Å². The molecule has 2 aromatic rings. The lowest BCUT2D eigenvalue weighted by molar-refractivity contribution is 0.209. The molecule has 2 rings (SSSR count). The van der Waals surface area contributed by atoms with Gasteiger partial charge in [-0.2, -0.15) is 0 Å². The summed E-state index contributed by atoms with van der Waals surface area (Å²) in [6, 6.07) is 8.04. The number of hydrogen-bond acceptors (Lipinski definition) is 4. The van der Waals surface area contributed by atoms with Gasteiger partial charge in [0.2, 0.25) is 0 Å². The van der Waals surface area contributed by atoms with Crippen LogP contribution < -0.4 is 5.73 Å². The van der Waals surface area contributed by atoms with Gasteiger partial charge in [-0.25, -0.2) is 4.98 Å². The van der Waals surface area contributed by atoms with Crippen LogP contribution in [-0.2, 0) is 6.54 Å². The maximum absolute atomic E-state index is 6.18. The molecule has 1 aromatic heterocycles. The molecular weight excluding hydrogens is 290 g/mol. The Morgan fingerprint density at radius 3 is 2.75 bits per heavy atom. The molecule has 0 aliphatic carbocycles. The van der Waals surface area contributed by atoms with Gasteiger partial charge in [0.05, 0.1) is 10.7 Å². The summed E-state index contributed by atoms with van der Waals surface area (Å²) >= 11 is 7.77. The number of nitrogens with two attached hydrogens (primary N) is 1. The number of rotatable bonds is 5. The number of thiazole rings is 1. The lowest BCUT2D eigenvalue weighted by atomic mass is 9.99. The quantitative estimate of drug-likeness (QED) is 0.917. The summed E-state index contributed by atoms with van der Waals surface area (Å²) < 4.78 is 0. The lowest BCUT2D eigenvalue weighted by Crippen LogP contribution is -2.37. The minimum atomic E-state index is 0.0122. The van der Waals surface area contributed by atoms with Crippen molar-refractivity contribution in [2.45, 2.75) is 32.5 Å². The predicted octanol–water partition coefficient (Wildman–Crippen LogP) is 3.63. The molecule has 0 spiro atoms. The Kier molecular flexibility index (Phi) is 5.16. The van der Waals surface area contributed by atoms with E-state index in [1.807, 2.05) is 32.0 Å². The number of benzene rings is 1. The first-order valence-electron chi connectivity index (χ1n) is 6.59. The van der Waals surface area contributed by atoms with E-state index in [1.54, 1.807) is 11.3 Å². The fourth-order valence-electron chi connectivity index (χ4n) is 2.48. The first kappa shape index (κ1) is 15.4. The molecule has 108 valence electrons. The number of likely N-dealkylation sites (N-methyl/N-ethyl adjacent to an activating group) is 1. The highest BCUT2D eigenvalue weighted by Gasteiger charge is 2.22. The molecule has 0 radical (unpaired) electrons. The second kappa shape index (κ2) is 6.68. The molecule has 5 heteroatoms. The third-order valence-electron chi connectivity index (χ3n) is 3.24. The van der Waals surface area contributed by atoms with Gasteiger partial charge in [-0.05, 0) is 38.6 Å². The number of halogens is 1. The summed E-state index contributed by atoms with van der Waals surface area (Å²) in [6.07, 6.45) is 0. The van der Waals surface area contributed by atoms with Crippen molar-refractivity contribution in [2.24, 2.45) is 5.73 Å². The maximum atomic E-state index is 6.18. The SMILES string of the molecule is Cc1nc(CN(C)C(c2cccc(Cl)c2)C(C)N)cs1. The smallest absolute Gasteiger partial charge is 0.0897 e. The molecule has 0 fully saturated rings. The molecule has 0 aliphatic heterocycles. The lowest BCUT2D eigenvalue weighted by Gasteiger charge is -2.31. The molecule has 1 heterocycles. The highest BCUT2D eigenvalue weighted by molar-refractivity contribution is 7.09. The fourth-order valence-corrected chi connectivity index (χ4v) is 3.29. The molecule has 0 saturated carbocycles. The molecule has 0 bridgehead atoms. The number of hydrogen-bond donors (Lipinski definition) is 1. The monoisotopic (exact) mass is 309 g/mol. The standard InChI is InChI=1S/C15H20ClN3S/c1-10(17)15(12-5-4-6-13(16)7-12)19(3)8-14-9-20-11(2)18-14/h4-7,9-10,15H,8,17H2,1-3H3. The number of aryl methyl sites for hydroxylation is 1. The van der Waals surface area contributed by atoms with E-state index in [0.29, 0.717) is 0 Å². The summed E-state index contributed by atoms with van der Waals surface area (Å²) in [4.78, 5) is 6.74. The van der Waals surface area contributed by atoms with Gasteiger partial charge >= 0.3 is 0 Å². The summed E-state index contributed by atoms with van der Waals surface area (Å²) in [6.45, 7) is 4.83. The van der Waals surface area contributed by atoms with E-state index < -0.39 is 0 Å². The molecule has 0 amide bonds. The Morgan fingerprint density at radius 1 is 1.45 bits per heavy atom. The van der Waals surface area contributed by atoms with Gasteiger partial charge in [0.1, 0.15) is 0 Å². The molecule has 3 nitrogen and oxygen atoms in total. The van der Waals surface area contributed by atoms with Crippen LogP contribution in [0.25, 0.3) is 0 Å². The average molecular weight is 310 g/mol. The van der Waals surface area contributed by atoms with Crippen LogP contribution in [0.5, 0.6) is 0 Å². The topological polar surface area (TPSA) is 42.2 Å². The summed E-state index contributed by atoms with van der Waals surface area (Å²) in [5.74, 6) is 0. The van der Waals surface area contributed by atoms with Crippen molar-refractivity contribution in [2.75, 3.05) is 7.05 Å². The highest BCUT2D eigenvalue weighted by Crippen LogP contribution is 2.26. The van der Waals surface area contributed by atoms with Crippen molar-refractivity contribution in [3.05, 3.63) is 50.9 Å². The highest BCUT2D eigenvalue weighted by atomic mass is 35.5. The zero-order valence-corrected chi connectivity index (χ0v) is 13.6. The summed E-state index contributed by atoms with van der Waals surface area (Å²) in [5, 5.41) is 3.93. The Hall–Kier alpha value is -0.940. The summed E-state index contributed by atoms with van der Waals surface area (Å²) in [7, 11) is 2.07. The third-order valence-corrected chi connectivity index (χ3v) is 4.30. The van der Waals surface area contributed by atoms with E-state index in [4.69, 9.17) is 17.3 Å². The van der Waals surface area contributed by atoms with Gasteiger partial charge in [0.15, 0.2) is 0 Å². The minimum absolute atomic E-state index is 0.0122. The zero-order chi connectivity index (χ0) is 14.7. The molecule has 20 heavy (non-hydrogen) atoms. The van der Waals surface area contributed by atoms with E-state index in [0.717, 1.165) is 27.8 Å². The number of aromatic nitrogens is 1. The van der Waals surface area contributed by atoms with E-state index in [9.17, 15) is 0 Å². The van der Waals surface area contributed by atoms with Crippen LogP contribution in [0.4, 0.5) is 0 Å². The normalized spacial score (nSPS) is 14.5. The first-order valence-corrected chi connectivity index (χ1v) is 7.85. The first-order chi connectivity index (χ1) is 9.47. The molecular formula is C15H20ClN3S. The zero-order valence-electron chi connectivity index (χ0n) is 12.0. The Labute approximate surface area is 129 Å². The molecule has 0 saturated heterocycles. The largest absolute Gasteiger partial charge is 0.326 e. The van der Waals surface area contributed by atoms with Crippen LogP contribution in [0.15, 0.2) is 29.6 Å². The van der Waals surface area contributed by atoms with Gasteiger partial charge in [-0.1, -0.05) is 23.7 Å². The van der Waals surface area contributed by atoms with Gasteiger partial charge < -0.3 is 5.73 Å². The minimum Gasteiger partial charge on any atom is -0.326 e. The maximum Gasteiger partial charge on any atom is 0.0897 e. The average Bonchev–Trinajstić information content (AvgIpc) is 2.74. The van der Waals surface area contributed by atoms with Crippen LogP contribution in [-0.4, -0.2) is 23.0 Å². The fraction of sp³-hybridized carbons (Fsp3) is 0.400. The molecule has 2 N–H and O–H groups in total. The second-order valence-corrected chi connectivity index (χ2v) is 6.63. The van der Waals surface area contributed by atoms with Crippen LogP contribution >= 0.6 is 22.9 Å². The Balaban J connectivity index is 2.20. The van der Waals surface area contributed by atoms with Crippen molar-refractivity contribution >= 4 is 22.9 Å². The molecule has 0 aliphatic rings. The van der Waals surface area contributed by atoms with E-state index >= 15 is 0 Å².